The highest BCUT2D eigenvalue weighted by molar-refractivity contribution is 7.71. The zero-order valence-electron chi connectivity index (χ0n) is 51.1. The van der Waals surface area contributed by atoms with Crippen molar-refractivity contribution in [2.24, 2.45) is 0 Å². The van der Waals surface area contributed by atoms with Crippen molar-refractivity contribution in [3.63, 3.8) is 0 Å². The third-order valence-electron chi connectivity index (χ3n) is 18.1. The van der Waals surface area contributed by atoms with Gasteiger partial charge in [0.1, 0.15) is 45.5 Å². The molecule has 16 rings (SSSR count). The molecule has 4 amide bonds. The number of aryl methyl sites for hydroxylation is 2. The van der Waals surface area contributed by atoms with Gasteiger partial charge in [0.2, 0.25) is 9.54 Å². The first-order chi connectivity index (χ1) is 47.3. The van der Waals surface area contributed by atoms with E-state index in [1.807, 2.05) is 70.5 Å². The van der Waals surface area contributed by atoms with Crippen molar-refractivity contribution in [1.82, 2.24) is 80.7 Å². The molecular formula is C64H52N20O12S2. The fraction of sp³-hybridized carbons (Fsp3) is 0.219. The van der Waals surface area contributed by atoms with Crippen LogP contribution in [0.4, 0.5) is 22.7 Å². The molecule has 6 aromatic heterocycles. The zero-order valence-corrected chi connectivity index (χ0v) is 52.7. The van der Waals surface area contributed by atoms with Gasteiger partial charge in [0, 0.05) is 50.4 Å². The minimum atomic E-state index is -0.650. The largest absolute Gasteiger partial charge is 0.439 e. The summed E-state index contributed by atoms with van der Waals surface area (Å²) in [6.45, 7) is 2.29. The number of benzene rings is 4. The molecule has 0 saturated carbocycles. The van der Waals surface area contributed by atoms with Crippen LogP contribution in [0.1, 0.15) is 123 Å². The number of anilines is 4. The van der Waals surface area contributed by atoms with Gasteiger partial charge in [0.25, 0.3) is 56.9 Å². The van der Waals surface area contributed by atoms with E-state index in [9.17, 15) is 47.9 Å². The maximum Gasteiger partial charge on any atom is 0.439 e. The third kappa shape index (κ3) is 11.2. The molecule has 0 bridgehead atoms. The number of H-pyrrole nitrogens is 4. The third-order valence-corrected chi connectivity index (χ3v) is 18.7. The molecule has 0 radical (unpaired) electrons. The number of amides is 4. The second-order valence-corrected chi connectivity index (χ2v) is 24.8. The summed E-state index contributed by atoms with van der Waals surface area (Å²) < 4.78 is 12.2. The Hall–Kier alpha value is -12.5. The van der Waals surface area contributed by atoms with Crippen molar-refractivity contribution in [2.75, 3.05) is 34.4 Å². The molecule has 12 aromatic rings. The van der Waals surface area contributed by atoms with Crippen LogP contribution in [0.2, 0.25) is 0 Å². The van der Waals surface area contributed by atoms with E-state index in [0.29, 0.717) is 87.5 Å². The van der Waals surface area contributed by atoms with Crippen molar-refractivity contribution < 1.29 is 28.2 Å². The summed E-state index contributed by atoms with van der Waals surface area (Å²) in [5.41, 5.74) is 20.8. The van der Waals surface area contributed by atoms with Crippen molar-refractivity contribution in [3.05, 3.63) is 235 Å². The molecule has 2 aliphatic heterocycles. The summed E-state index contributed by atoms with van der Waals surface area (Å²) in [5, 5.41) is 32.8. The Balaban J connectivity index is 0.000000160. The molecule has 4 aliphatic rings. The molecule has 32 nitrogen and oxygen atoms in total. The summed E-state index contributed by atoms with van der Waals surface area (Å²) in [7, 11) is 0. The van der Waals surface area contributed by atoms with Crippen LogP contribution in [0.15, 0.2) is 123 Å². The summed E-state index contributed by atoms with van der Waals surface area (Å²) in [6, 6.07) is 24.9. The average Bonchev–Trinajstić information content (AvgIpc) is 1.08. The van der Waals surface area contributed by atoms with Crippen molar-refractivity contribution in [1.29, 1.82) is 0 Å². The Morgan fingerprint density at radius 2 is 0.959 bits per heavy atom. The van der Waals surface area contributed by atoms with Gasteiger partial charge in [-0.15, -0.1) is 10.2 Å². The Labute approximate surface area is 557 Å². The maximum atomic E-state index is 13.7. The molecular weight excluding hydrogens is 1300 g/mol. The van der Waals surface area contributed by atoms with Gasteiger partial charge in [0.15, 0.2) is 11.6 Å². The number of aromatic amines is 4. The second-order valence-electron chi connectivity index (χ2n) is 24.0. The predicted molar refractivity (Wildman–Crippen MR) is 355 cm³/mol. The Morgan fingerprint density at radius 3 is 1.42 bits per heavy atom. The second kappa shape index (κ2) is 24.4. The van der Waals surface area contributed by atoms with Gasteiger partial charge >= 0.3 is 11.5 Å². The monoisotopic (exact) mass is 1360 g/mol. The molecule has 34 heteroatoms. The molecule has 0 fully saturated rings. The molecule has 0 saturated heterocycles. The maximum absolute atomic E-state index is 13.7. The molecule has 2 atom stereocenters. The van der Waals surface area contributed by atoms with Crippen LogP contribution in [0.25, 0.3) is 34.3 Å². The van der Waals surface area contributed by atoms with Crippen LogP contribution >= 0.6 is 24.4 Å². The van der Waals surface area contributed by atoms with Gasteiger partial charge in [-0.25, -0.2) is 38.6 Å². The van der Waals surface area contributed by atoms with Crippen LogP contribution in [0.3, 0.4) is 0 Å². The lowest BCUT2D eigenvalue weighted by Crippen LogP contribution is -2.44. The number of nitrogen functional groups attached to an aromatic ring is 2. The van der Waals surface area contributed by atoms with E-state index in [1.165, 1.54) is 20.9 Å². The van der Waals surface area contributed by atoms with Crippen LogP contribution < -0.4 is 75.8 Å². The SMILES string of the molecule is Nc1c(N2CCc3ccc(CNC(=O)c4cc(C(=O)N[C@H]5CCc6cc(-c7noc(=O)[nH]7)ccc65)n5c(=S)[nH]nc5n4)cc3C2)c(=O)c1=O.Nc1c(N2CCc3ccc(CNC(=O)c4cc(C(=O)N[C@H]5CCc6cc(-c7noc(=O)[nH]7)ccc65)nc5n[nH]c(=S)n45)cc3C2)c(=O)c1=O. The van der Waals surface area contributed by atoms with Crippen molar-refractivity contribution >= 4 is 82.4 Å². The minimum Gasteiger partial charge on any atom is -0.394 e. The van der Waals surface area contributed by atoms with E-state index in [1.54, 1.807) is 12.1 Å². The Morgan fingerprint density at radius 1 is 0.510 bits per heavy atom. The number of hydrogen-bond donors (Lipinski definition) is 10. The summed E-state index contributed by atoms with van der Waals surface area (Å²) in [4.78, 5) is 142. The predicted octanol–water partition coefficient (Wildman–Crippen LogP) is 2.44. The highest BCUT2D eigenvalue weighted by Crippen LogP contribution is 2.36. The van der Waals surface area contributed by atoms with E-state index < -0.39 is 56.9 Å². The fourth-order valence-electron chi connectivity index (χ4n) is 13.2. The number of aromatic nitrogens is 12. The quantitative estimate of drug-likeness (QED) is 0.0552. The van der Waals surface area contributed by atoms with Gasteiger partial charge < -0.3 is 42.5 Å². The first kappa shape index (κ1) is 61.7. The molecule has 8 heterocycles. The Bertz CT molecular complexity index is 5780. The number of carbonyl (C=O) groups is 4. The number of nitrogens with zero attached hydrogens (tertiary/aromatic N) is 10. The topological polar surface area (TPSA) is 453 Å². The lowest BCUT2D eigenvalue weighted by Gasteiger charge is -2.32. The van der Waals surface area contributed by atoms with Crippen LogP contribution in [0, 0.1) is 9.54 Å². The first-order valence-electron chi connectivity index (χ1n) is 30.7. The van der Waals surface area contributed by atoms with Crippen LogP contribution in [-0.4, -0.2) is 96.2 Å². The first-order valence-corrected chi connectivity index (χ1v) is 31.5. The van der Waals surface area contributed by atoms with Gasteiger partial charge in [-0.2, -0.15) is 0 Å². The average molecular weight is 1360 g/mol. The molecule has 98 heavy (non-hydrogen) atoms. The Kier molecular flexibility index (Phi) is 15.4. The smallest absolute Gasteiger partial charge is 0.394 e. The number of rotatable bonds is 14. The lowest BCUT2D eigenvalue weighted by molar-refractivity contribution is 0.0918. The normalized spacial score (nSPS) is 15.3. The van der Waals surface area contributed by atoms with Gasteiger partial charge in [-0.3, -0.25) is 57.4 Å². The van der Waals surface area contributed by atoms with Crippen LogP contribution in [0.5, 0.6) is 0 Å². The molecule has 0 spiro atoms. The standard InChI is InChI=1S/2C32H26N10O6S/c33-23-24(26(44)25(23)43)41-8-7-15-2-1-14(9-18(15)13-41)12-34-29(46)22-11-21(36-30-38-39-31(49)42(22)30)28(45)35-20-6-4-16-10-17(3-5-19(16)20)27-37-32(47)48-40-27;33-23-24(26(44)25(23)43)41-8-7-15-2-1-14(9-18(15)13-41)12-34-28(45)21-11-22(42-30(36-21)38-39-31(42)49)29(46)35-20-6-4-16-10-17(3-5-19(16)20)27-37-32(47)48-40-27/h1-3,5,9-11,20H,4,6-8,12-13,33H2,(H,34,46)(H,35,45)(H,39,49)(H,37,40,47);1-3,5,9-11,20H,4,6-8,12-13,33H2,(H,34,45)(H,35,46)(H,39,49)(H,37,40,47)/t2*20-/m00/s1. The summed E-state index contributed by atoms with van der Waals surface area (Å²) >= 11 is 10.7. The molecule has 12 N–H and O–H groups in total. The van der Waals surface area contributed by atoms with E-state index in [-0.39, 0.29) is 91.8 Å². The number of carbonyl (C=O) groups excluding carboxylic acids is 4. The molecule has 492 valence electrons. The van der Waals surface area contributed by atoms with E-state index >= 15 is 0 Å². The fourth-order valence-corrected chi connectivity index (χ4v) is 13.6. The number of nitrogens with two attached hydrogens (primary N) is 2. The molecule has 6 aromatic carbocycles. The number of hydrogen-bond acceptors (Lipinski definition) is 24. The minimum absolute atomic E-state index is 0.00185. The molecule has 2 aliphatic carbocycles. The van der Waals surface area contributed by atoms with E-state index in [2.05, 4.69) is 81.0 Å². The van der Waals surface area contributed by atoms with Gasteiger partial charge in [0.05, 0.1) is 12.1 Å². The van der Waals surface area contributed by atoms with Gasteiger partial charge in [-0.1, -0.05) is 71.0 Å². The van der Waals surface area contributed by atoms with Gasteiger partial charge in [-0.05, 0) is 143 Å². The van der Waals surface area contributed by atoms with E-state index in [0.717, 1.165) is 55.6 Å². The summed E-state index contributed by atoms with van der Waals surface area (Å²) in [6.07, 6.45) is 4.01. The van der Waals surface area contributed by atoms with Crippen molar-refractivity contribution in [2.45, 2.75) is 76.8 Å². The molecule has 0 unspecified atom stereocenters. The highest BCUT2D eigenvalue weighted by atomic mass is 32.1. The lowest BCUT2D eigenvalue weighted by atomic mass is 9.96. The summed E-state index contributed by atoms with van der Waals surface area (Å²) in [5.74, 6) is -2.50. The van der Waals surface area contributed by atoms with Crippen LogP contribution in [-0.2, 0) is 51.9 Å². The van der Waals surface area contributed by atoms with Crippen molar-refractivity contribution in [3.8, 4) is 22.8 Å². The highest BCUT2D eigenvalue weighted by Gasteiger charge is 2.32. The van der Waals surface area contributed by atoms with E-state index in [4.69, 9.17) is 35.9 Å². The number of fused-ring (bicyclic) bond motifs is 6. The zero-order chi connectivity index (χ0) is 67.9. The number of nitrogens with one attached hydrogen (secondary N) is 8.